The molecule has 1 heterocycles. The van der Waals surface area contributed by atoms with Gasteiger partial charge < -0.3 is 11.1 Å². The summed E-state index contributed by atoms with van der Waals surface area (Å²) in [6.45, 7) is 0. The number of hydrogen-bond donors (Lipinski definition) is 3. The molecule has 5 heteroatoms. The van der Waals surface area contributed by atoms with Crippen LogP contribution in [0.1, 0.15) is 18.4 Å². The van der Waals surface area contributed by atoms with Gasteiger partial charge in [0.15, 0.2) is 0 Å². The zero-order chi connectivity index (χ0) is 14.0. The van der Waals surface area contributed by atoms with Gasteiger partial charge in [0.2, 0.25) is 0 Å². The van der Waals surface area contributed by atoms with Crippen molar-refractivity contribution in [1.29, 1.82) is 0 Å². The molecule has 1 aromatic heterocycles. The number of nitrogens with two attached hydrogens (primary N) is 1. The molecule has 0 atom stereocenters. The third-order valence-corrected chi connectivity index (χ3v) is 3.45. The molecule has 0 bridgehead atoms. The summed E-state index contributed by atoms with van der Waals surface area (Å²) < 4.78 is 0. The number of nitrogens with one attached hydrogen (secondary N) is 2. The average molecular weight is 268 g/mol. The van der Waals surface area contributed by atoms with Crippen molar-refractivity contribution in [3.05, 3.63) is 54.2 Å². The number of hydrogen-bond acceptors (Lipinski definition) is 3. The van der Waals surface area contributed by atoms with Crippen molar-refractivity contribution in [2.24, 2.45) is 0 Å². The number of pyridine rings is 1. The number of nitrogens with zero attached hydrogens (tertiary/aromatic N) is 1. The minimum Gasteiger partial charge on any atom is -0.399 e. The van der Waals surface area contributed by atoms with Gasteiger partial charge in [-0.05, 0) is 42.7 Å². The van der Waals surface area contributed by atoms with E-state index in [0.717, 1.165) is 18.4 Å². The number of rotatable bonds is 3. The van der Waals surface area contributed by atoms with E-state index in [1.54, 1.807) is 18.3 Å². The van der Waals surface area contributed by atoms with E-state index < -0.39 is 0 Å². The molecule has 2 amide bonds. The van der Waals surface area contributed by atoms with Gasteiger partial charge in [-0.15, -0.1) is 0 Å². The van der Waals surface area contributed by atoms with E-state index >= 15 is 0 Å². The van der Waals surface area contributed by atoms with E-state index in [2.05, 4.69) is 15.6 Å². The van der Waals surface area contributed by atoms with Crippen LogP contribution in [0.2, 0.25) is 0 Å². The number of nitrogen functional groups attached to an aromatic ring is 1. The molecule has 0 unspecified atom stereocenters. The minimum absolute atomic E-state index is 0.247. The molecule has 1 aromatic carbocycles. The number of carbonyl (C=O) groups excluding carboxylic acids is 1. The van der Waals surface area contributed by atoms with Crippen LogP contribution in [-0.2, 0) is 5.54 Å². The van der Waals surface area contributed by atoms with Gasteiger partial charge in [0, 0.05) is 11.9 Å². The van der Waals surface area contributed by atoms with Crippen molar-refractivity contribution >= 4 is 17.5 Å². The van der Waals surface area contributed by atoms with E-state index in [9.17, 15) is 4.79 Å². The average Bonchev–Trinajstić information content (AvgIpc) is 3.20. The molecule has 2 aromatic rings. The largest absolute Gasteiger partial charge is 0.399 e. The predicted molar refractivity (Wildman–Crippen MR) is 78.2 cm³/mol. The van der Waals surface area contributed by atoms with Crippen LogP contribution < -0.4 is 16.4 Å². The van der Waals surface area contributed by atoms with Crippen LogP contribution in [0.15, 0.2) is 48.7 Å². The van der Waals surface area contributed by atoms with Crippen LogP contribution >= 0.6 is 0 Å². The second-order valence-corrected chi connectivity index (χ2v) is 5.00. The highest BCUT2D eigenvalue weighted by atomic mass is 16.2. The third kappa shape index (κ3) is 2.56. The van der Waals surface area contributed by atoms with Crippen LogP contribution in [0, 0.1) is 0 Å². The summed E-state index contributed by atoms with van der Waals surface area (Å²) in [6.07, 6.45) is 3.48. The molecule has 1 aliphatic carbocycles. The maximum Gasteiger partial charge on any atom is 0.321 e. The van der Waals surface area contributed by atoms with Crippen molar-refractivity contribution < 1.29 is 4.79 Å². The lowest BCUT2D eigenvalue weighted by Gasteiger charge is -2.18. The smallest absolute Gasteiger partial charge is 0.321 e. The number of amides is 2. The molecule has 0 spiro atoms. The first-order chi connectivity index (χ1) is 9.68. The molecule has 0 aliphatic heterocycles. The Kier molecular flexibility index (Phi) is 3.02. The fraction of sp³-hybridized carbons (Fsp3) is 0.200. The Labute approximate surface area is 117 Å². The lowest BCUT2D eigenvalue weighted by Crippen LogP contribution is -2.38. The molecule has 5 nitrogen and oxygen atoms in total. The van der Waals surface area contributed by atoms with Gasteiger partial charge in [-0.1, -0.05) is 18.2 Å². The zero-order valence-corrected chi connectivity index (χ0v) is 11.0. The van der Waals surface area contributed by atoms with Gasteiger partial charge in [-0.3, -0.25) is 5.32 Å². The summed E-state index contributed by atoms with van der Waals surface area (Å²) in [5, 5.41) is 5.74. The fourth-order valence-corrected chi connectivity index (χ4v) is 2.25. The Hall–Kier alpha value is -2.56. The highest BCUT2D eigenvalue weighted by Gasteiger charge is 2.45. The normalized spacial score (nSPS) is 15.4. The van der Waals surface area contributed by atoms with Crippen molar-refractivity contribution in [1.82, 2.24) is 10.3 Å². The van der Waals surface area contributed by atoms with Crippen LogP contribution in [-0.4, -0.2) is 11.0 Å². The molecule has 20 heavy (non-hydrogen) atoms. The fourth-order valence-electron chi connectivity index (χ4n) is 2.25. The van der Waals surface area contributed by atoms with Crippen LogP contribution in [0.3, 0.4) is 0 Å². The Bertz CT molecular complexity index is 623. The molecule has 0 saturated heterocycles. The molecular formula is C15H16N4O. The summed E-state index contributed by atoms with van der Waals surface area (Å²) in [4.78, 5) is 16.1. The predicted octanol–water partition coefficient (Wildman–Crippen LogP) is 2.47. The third-order valence-electron chi connectivity index (χ3n) is 3.45. The number of urea groups is 1. The highest BCUT2D eigenvalue weighted by Crippen LogP contribution is 2.45. The van der Waals surface area contributed by atoms with Crippen molar-refractivity contribution in [2.75, 3.05) is 11.1 Å². The quantitative estimate of drug-likeness (QED) is 0.748. The number of anilines is 2. The first-order valence-corrected chi connectivity index (χ1v) is 6.54. The van der Waals surface area contributed by atoms with E-state index in [1.807, 2.05) is 30.3 Å². The zero-order valence-electron chi connectivity index (χ0n) is 11.0. The van der Waals surface area contributed by atoms with E-state index in [4.69, 9.17) is 5.73 Å². The van der Waals surface area contributed by atoms with Gasteiger partial charge in [0.1, 0.15) is 5.82 Å². The molecule has 1 saturated carbocycles. The SMILES string of the molecule is Nc1cccc(C2(NC(=O)Nc3ccccn3)CC2)c1. The molecule has 3 rings (SSSR count). The number of carbonyl (C=O) groups is 1. The highest BCUT2D eigenvalue weighted by molar-refractivity contribution is 5.89. The second kappa shape index (κ2) is 4.85. The Morgan fingerprint density at radius 3 is 2.70 bits per heavy atom. The molecule has 102 valence electrons. The first kappa shape index (κ1) is 12.5. The van der Waals surface area contributed by atoms with Crippen LogP contribution in [0.4, 0.5) is 16.3 Å². The van der Waals surface area contributed by atoms with Crippen molar-refractivity contribution in [3.63, 3.8) is 0 Å². The van der Waals surface area contributed by atoms with Crippen LogP contribution in [0.5, 0.6) is 0 Å². The van der Waals surface area contributed by atoms with Gasteiger partial charge in [0.25, 0.3) is 0 Å². The van der Waals surface area contributed by atoms with Crippen molar-refractivity contribution in [2.45, 2.75) is 18.4 Å². The summed E-state index contributed by atoms with van der Waals surface area (Å²) in [5.41, 5.74) is 7.27. The first-order valence-electron chi connectivity index (χ1n) is 6.54. The summed E-state index contributed by atoms with van der Waals surface area (Å²) in [6, 6.07) is 12.8. The van der Waals surface area contributed by atoms with Gasteiger partial charge in [0.05, 0.1) is 5.54 Å². The van der Waals surface area contributed by atoms with Crippen molar-refractivity contribution in [3.8, 4) is 0 Å². The Balaban J connectivity index is 1.70. The molecule has 4 N–H and O–H groups in total. The Morgan fingerprint density at radius 2 is 2.05 bits per heavy atom. The lowest BCUT2D eigenvalue weighted by atomic mass is 10.0. The number of aromatic nitrogens is 1. The van der Waals surface area contributed by atoms with Gasteiger partial charge in [-0.2, -0.15) is 0 Å². The Morgan fingerprint density at radius 1 is 1.20 bits per heavy atom. The summed E-state index contributed by atoms with van der Waals surface area (Å²) in [5.74, 6) is 0.536. The van der Waals surface area contributed by atoms with Crippen LogP contribution in [0.25, 0.3) is 0 Å². The maximum absolute atomic E-state index is 12.0. The van der Waals surface area contributed by atoms with E-state index in [1.165, 1.54) is 0 Å². The summed E-state index contributed by atoms with van der Waals surface area (Å²) in [7, 11) is 0. The maximum atomic E-state index is 12.0. The molecule has 1 fully saturated rings. The minimum atomic E-state index is -0.283. The molecule has 1 aliphatic rings. The summed E-state index contributed by atoms with van der Waals surface area (Å²) >= 11 is 0. The topological polar surface area (TPSA) is 80.0 Å². The molecular weight excluding hydrogens is 252 g/mol. The van der Waals surface area contributed by atoms with E-state index in [-0.39, 0.29) is 11.6 Å². The second-order valence-electron chi connectivity index (χ2n) is 5.00. The van der Waals surface area contributed by atoms with Gasteiger partial charge >= 0.3 is 6.03 Å². The monoisotopic (exact) mass is 268 g/mol. The molecule has 0 radical (unpaired) electrons. The van der Waals surface area contributed by atoms with Gasteiger partial charge in [-0.25, -0.2) is 9.78 Å². The van der Waals surface area contributed by atoms with E-state index in [0.29, 0.717) is 11.5 Å². The standard InChI is InChI=1S/C15H16N4O/c16-12-5-3-4-11(10-12)15(7-8-15)19-14(20)18-13-6-1-2-9-17-13/h1-6,9-10H,7-8,16H2,(H2,17,18,19,20). The number of benzene rings is 1. The lowest BCUT2D eigenvalue weighted by molar-refractivity contribution is 0.247.